The van der Waals surface area contributed by atoms with Crippen LogP contribution in [0.1, 0.15) is 25.0 Å². The number of nitrogens with zero attached hydrogens (tertiary/aromatic N) is 3. The summed E-state index contributed by atoms with van der Waals surface area (Å²) in [4.78, 5) is 14.4. The Hall–Kier alpha value is -2.94. The summed E-state index contributed by atoms with van der Waals surface area (Å²) < 4.78 is 24.6. The first-order valence-corrected chi connectivity index (χ1v) is 9.91. The van der Waals surface area contributed by atoms with Crippen molar-refractivity contribution < 1.29 is 13.3 Å². The van der Waals surface area contributed by atoms with E-state index in [0.29, 0.717) is 5.56 Å². The molecule has 2 rings (SSSR count). The summed E-state index contributed by atoms with van der Waals surface area (Å²) in [7, 11) is -3.99. The molecule has 0 saturated carbocycles. The molecule has 8 nitrogen and oxygen atoms in total. The SMILES string of the molecule is CCN(CC)c1ccc(/C=N\NS(=O)(=O)c2ccc(C)c([N+](=O)[O-])c2)cc1. The summed E-state index contributed by atoms with van der Waals surface area (Å²) >= 11 is 0. The topological polar surface area (TPSA) is 105 Å². The van der Waals surface area contributed by atoms with E-state index in [0.717, 1.165) is 30.4 Å². The van der Waals surface area contributed by atoms with Gasteiger partial charge in [0.15, 0.2) is 0 Å². The first-order valence-electron chi connectivity index (χ1n) is 8.43. The highest BCUT2D eigenvalue weighted by Gasteiger charge is 2.19. The molecule has 0 aliphatic carbocycles. The molecule has 9 heteroatoms. The Balaban J connectivity index is 2.13. The van der Waals surface area contributed by atoms with Crippen LogP contribution in [-0.4, -0.2) is 32.6 Å². The van der Waals surface area contributed by atoms with E-state index in [1.54, 1.807) is 6.92 Å². The summed E-state index contributed by atoms with van der Waals surface area (Å²) in [6.45, 7) is 7.48. The van der Waals surface area contributed by atoms with E-state index >= 15 is 0 Å². The van der Waals surface area contributed by atoms with E-state index in [1.165, 1.54) is 18.3 Å². The molecule has 0 radical (unpaired) electrons. The van der Waals surface area contributed by atoms with Crippen LogP contribution in [0.5, 0.6) is 0 Å². The van der Waals surface area contributed by atoms with Crippen molar-refractivity contribution in [2.24, 2.45) is 5.10 Å². The number of nitro groups is 1. The molecule has 0 aliphatic heterocycles. The van der Waals surface area contributed by atoms with Crippen molar-refractivity contribution in [2.45, 2.75) is 25.7 Å². The van der Waals surface area contributed by atoms with Crippen molar-refractivity contribution in [1.29, 1.82) is 0 Å². The number of sulfonamides is 1. The summed E-state index contributed by atoms with van der Waals surface area (Å²) in [5.41, 5.74) is 1.93. The largest absolute Gasteiger partial charge is 0.372 e. The summed E-state index contributed by atoms with van der Waals surface area (Å²) in [6, 6.07) is 11.3. The average Bonchev–Trinajstić information content (AvgIpc) is 2.64. The zero-order valence-electron chi connectivity index (χ0n) is 15.4. The van der Waals surface area contributed by atoms with Crippen molar-refractivity contribution in [3.8, 4) is 0 Å². The molecule has 0 aliphatic rings. The fourth-order valence-electron chi connectivity index (χ4n) is 2.54. The number of rotatable bonds is 8. The maximum atomic E-state index is 12.3. The number of hydrogen-bond donors (Lipinski definition) is 1. The molecule has 27 heavy (non-hydrogen) atoms. The van der Waals surface area contributed by atoms with Crippen LogP contribution in [0.25, 0.3) is 0 Å². The van der Waals surface area contributed by atoms with Gasteiger partial charge in [-0.15, -0.1) is 0 Å². The summed E-state index contributed by atoms with van der Waals surface area (Å²) in [5, 5.41) is 14.7. The molecule has 0 heterocycles. The van der Waals surface area contributed by atoms with E-state index in [1.807, 2.05) is 24.3 Å². The Morgan fingerprint density at radius 2 is 1.78 bits per heavy atom. The van der Waals surface area contributed by atoms with Gasteiger partial charge < -0.3 is 4.90 Å². The number of hydrogen-bond acceptors (Lipinski definition) is 6. The third-order valence-electron chi connectivity index (χ3n) is 4.10. The van der Waals surface area contributed by atoms with Gasteiger partial charge in [-0.25, -0.2) is 4.83 Å². The van der Waals surface area contributed by atoms with E-state index < -0.39 is 14.9 Å². The molecule has 0 saturated heterocycles. The fraction of sp³-hybridized carbons (Fsp3) is 0.278. The number of benzene rings is 2. The van der Waals surface area contributed by atoms with Crippen molar-refractivity contribution in [2.75, 3.05) is 18.0 Å². The summed E-state index contributed by atoms with van der Waals surface area (Å²) in [6.07, 6.45) is 1.38. The zero-order valence-corrected chi connectivity index (χ0v) is 16.2. The van der Waals surface area contributed by atoms with Crippen molar-refractivity contribution in [1.82, 2.24) is 4.83 Å². The third-order valence-corrected chi connectivity index (χ3v) is 5.32. The zero-order chi connectivity index (χ0) is 20.0. The Labute approximate surface area is 158 Å². The van der Waals surface area contributed by atoms with E-state index in [-0.39, 0.29) is 10.6 Å². The van der Waals surface area contributed by atoms with Gasteiger partial charge in [0.2, 0.25) is 0 Å². The minimum absolute atomic E-state index is 0.214. The Bertz CT molecular complexity index is 936. The average molecular weight is 390 g/mol. The van der Waals surface area contributed by atoms with E-state index in [4.69, 9.17) is 0 Å². The predicted octanol–water partition coefficient (Wildman–Crippen LogP) is 3.06. The molecule has 2 aromatic rings. The highest BCUT2D eigenvalue weighted by atomic mass is 32.2. The van der Waals surface area contributed by atoms with Crippen LogP contribution < -0.4 is 9.73 Å². The molecular weight excluding hydrogens is 368 g/mol. The number of hydrazone groups is 1. The lowest BCUT2D eigenvalue weighted by Crippen LogP contribution is -2.21. The molecule has 0 unspecified atom stereocenters. The second-order valence-electron chi connectivity index (χ2n) is 5.82. The highest BCUT2D eigenvalue weighted by Crippen LogP contribution is 2.22. The Morgan fingerprint density at radius 3 is 2.33 bits per heavy atom. The maximum Gasteiger partial charge on any atom is 0.276 e. The van der Waals surface area contributed by atoms with Gasteiger partial charge in [0.05, 0.1) is 16.0 Å². The second-order valence-corrected chi connectivity index (χ2v) is 7.48. The molecule has 0 spiro atoms. The van der Waals surface area contributed by atoms with Crippen molar-refractivity contribution >= 4 is 27.6 Å². The first kappa shape index (κ1) is 20.4. The predicted molar refractivity (Wildman–Crippen MR) is 106 cm³/mol. The number of aryl methyl sites for hydroxylation is 1. The quantitative estimate of drug-likeness (QED) is 0.424. The van der Waals surface area contributed by atoms with Crippen LogP contribution in [0.3, 0.4) is 0 Å². The second kappa shape index (κ2) is 8.63. The summed E-state index contributed by atoms with van der Waals surface area (Å²) in [5.74, 6) is 0. The molecule has 144 valence electrons. The van der Waals surface area contributed by atoms with Gasteiger partial charge in [-0.2, -0.15) is 13.5 Å². The molecule has 2 aromatic carbocycles. The minimum atomic E-state index is -3.99. The number of anilines is 1. The van der Waals surface area contributed by atoms with E-state index in [9.17, 15) is 18.5 Å². The van der Waals surface area contributed by atoms with Gasteiger partial charge in [-0.05, 0) is 44.5 Å². The van der Waals surface area contributed by atoms with Crippen LogP contribution in [0.15, 0.2) is 52.5 Å². The molecule has 0 amide bonds. The van der Waals surface area contributed by atoms with Gasteiger partial charge in [0, 0.05) is 30.4 Å². The normalized spacial score (nSPS) is 11.5. The molecule has 0 bridgehead atoms. The van der Waals surface area contributed by atoms with Crippen molar-refractivity contribution in [3.05, 3.63) is 63.7 Å². The lowest BCUT2D eigenvalue weighted by molar-refractivity contribution is -0.385. The fourth-order valence-corrected chi connectivity index (χ4v) is 3.35. The van der Waals surface area contributed by atoms with Crippen molar-refractivity contribution in [3.63, 3.8) is 0 Å². The molecule has 0 fully saturated rings. The molecule has 0 atom stereocenters. The maximum absolute atomic E-state index is 12.3. The molecule has 0 aromatic heterocycles. The lowest BCUT2D eigenvalue weighted by atomic mass is 10.2. The van der Waals surface area contributed by atoms with Gasteiger partial charge in [-0.3, -0.25) is 10.1 Å². The van der Waals surface area contributed by atoms with E-state index in [2.05, 4.69) is 28.7 Å². The van der Waals surface area contributed by atoms with Crippen LogP contribution in [0.2, 0.25) is 0 Å². The third kappa shape index (κ3) is 5.04. The monoisotopic (exact) mass is 390 g/mol. The molecule has 1 N–H and O–H groups in total. The van der Waals surface area contributed by atoms with Gasteiger partial charge in [0.25, 0.3) is 15.7 Å². The van der Waals surface area contributed by atoms with Crippen LogP contribution in [-0.2, 0) is 10.0 Å². The lowest BCUT2D eigenvalue weighted by Gasteiger charge is -2.20. The van der Waals surface area contributed by atoms with Gasteiger partial charge in [0.1, 0.15) is 0 Å². The van der Waals surface area contributed by atoms with Crippen LogP contribution >= 0.6 is 0 Å². The minimum Gasteiger partial charge on any atom is -0.372 e. The smallest absolute Gasteiger partial charge is 0.276 e. The molecular formula is C18H22N4O4S. The van der Waals surface area contributed by atoms with Gasteiger partial charge in [-0.1, -0.05) is 18.2 Å². The number of nitrogens with one attached hydrogen (secondary N) is 1. The first-order chi connectivity index (χ1) is 12.8. The van der Waals surface area contributed by atoms with Crippen LogP contribution in [0.4, 0.5) is 11.4 Å². The van der Waals surface area contributed by atoms with Crippen LogP contribution in [0, 0.1) is 17.0 Å². The highest BCUT2D eigenvalue weighted by molar-refractivity contribution is 7.89. The number of nitro benzene ring substituents is 1. The Morgan fingerprint density at radius 1 is 1.15 bits per heavy atom. The van der Waals surface area contributed by atoms with Gasteiger partial charge >= 0.3 is 0 Å². The Kier molecular flexibility index (Phi) is 6.51. The standard InChI is InChI=1S/C18H22N4O4S/c1-4-21(5-2)16-9-7-15(8-10-16)13-19-20-27(25,26)17-11-6-14(3)18(12-17)22(23)24/h6-13,20H,4-5H2,1-3H3/b19-13-.